The van der Waals surface area contributed by atoms with Gasteiger partial charge in [0.2, 0.25) is 0 Å². The maximum absolute atomic E-state index is 13.5. The Kier molecular flexibility index (Phi) is 3.83. The largest absolute Gasteiger partial charge is 0.223 e. The van der Waals surface area contributed by atoms with Crippen molar-refractivity contribution in [1.29, 1.82) is 10.5 Å². The van der Waals surface area contributed by atoms with Crippen LogP contribution in [0.3, 0.4) is 0 Å². The third kappa shape index (κ3) is 2.36. The molecule has 7 heteroatoms. The molecule has 3 rings (SSSR count). The van der Waals surface area contributed by atoms with Crippen LogP contribution in [0.15, 0.2) is 53.4 Å². The van der Waals surface area contributed by atoms with Gasteiger partial charge >= 0.3 is 0 Å². The number of hydrogen-bond donors (Lipinski definition) is 0. The van der Waals surface area contributed by atoms with Crippen molar-refractivity contribution < 1.29 is 12.8 Å². The van der Waals surface area contributed by atoms with Gasteiger partial charge in [-0.3, -0.25) is 0 Å². The van der Waals surface area contributed by atoms with E-state index >= 15 is 0 Å². The summed E-state index contributed by atoms with van der Waals surface area (Å²) in [6, 6.07) is 14.5. The first-order valence-corrected chi connectivity index (χ1v) is 8.86. The molecule has 0 unspecified atom stereocenters. The molecule has 0 heterocycles. The number of rotatable bonds is 3. The summed E-state index contributed by atoms with van der Waals surface area (Å²) < 4.78 is 39.2. The van der Waals surface area contributed by atoms with Gasteiger partial charge in [0.15, 0.2) is 15.3 Å². The third-order valence-electron chi connectivity index (χ3n) is 4.19. The van der Waals surface area contributed by atoms with Crippen LogP contribution in [0.4, 0.5) is 4.39 Å². The van der Waals surface area contributed by atoms with E-state index in [1.54, 1.807) is 0 Å². The van der Waals surface area contributed by atoms with Crippen molar-refractivity contribution in [2.24, 2.45) is 5.41 Å². The van der Waals surface area contributed by atoms with Crippen LogP contribution in [-0.2, 0) is 9.84 Å². The summed E-state index contributed by atoms with van der Waals surface area (Å²) in [6.45, 7) is 0. The summed E-state index contributed by atoms with van der Waals surface area (Å²) in [4.78, 5) is -0.0225. The van der Waals surface area contributed by atoms with Crippen LogP contribution in [0.2, 0.25) is 5.02 Å². The number of benzene rings is 2. The molecule has 2 atom stereocenters. The first-order valence-electron chi connectivity index (χ1n) is 6.94. The molecule has 0 saturated heterocycles. The van der Waals surface area contributed by atoms with Crippen molar-refractivity contribution >= 4 is 21.4 Å². The Labute approximate surface area is 143 Å². The van der Waals surface area contributed by atoms with Gasteiger partial charge in [-0.2, -0.15) is 10.5 Å². The second kappa shape index (κ2) is 5.59. The van der Waals surface area contributed by atoms with Gasteiger partial charge < -0.3 is 0 Å². The van der Waals surface area contributed by atoms with Gasteiger partial charge in [0.05, 0.1) is 17.0 Å². The molecular formula is C17H10ClFN2O2S. The quantitative estimate of drug-likeness (QED) is 0.839. The smallest absolute Gasteiger partial charge is 0.184 e. The van der Waals surface area contributed by atoms with E-state index in [0.717, 1.165) is 6.07 Å². The molecule has 2 aromatic rings. The molecular weight excluding hydrogens is 351 g/mol. The highest BCUT2D eigenvalue weighted by atomic mass is 35.5. The molecule has 1 aliphatic rings. The summed E-state index contributed by atoms with van der Waals surface area (Å²) in [5.74, 6) is -1.45. The van der Waals surface area contributed by atoms with Gasteiger partial charge in [-0.25, -0.2) is 12.8 Å². The molecule has 0 radical (unpaired) electrons. The number of nitrogens with zero attached hydrogens (tertiary/aromatic N) is 2. The minimum absolute atomic E-state index is 0.0225. The van der Waals surface area contributed by atoms with Crippen molar-refractivity contribution in [3.63, 3.8) is 0 Å². The monoisotopic (exact) mass is 360 g/mol. The number of sulfone groups is 1. The topological polar surface area (TPSA) is 81.7 Å². The first kappa shape index (κ1) is 16.4. The fraction of sp³-hybridized carbons (Fsp3) is 0.176. The van der Waals surface area contributed by atoms with Gasteiger partial charge in [-0.1, -0.05) is 23.7 Å². The molecule has 0 bridgehead atoms. The Morgan fingerprint density at radius 3 is 2.25 bits per heavy atom. The maximum Gasteiger partial charge on any atom is 0.184 e. The molecule has 0 amide bonds. The number of nitriles is 2. The van der Waals surface area contributed by atoms with E-state index < -0.39 is 32.2 Å². The predicted octanol–water partition coefficient (Wildman–Crippen LogP) is 3.45. The summed E-state index contributed by atoms with van der Waals surface area (Å²) in [7, 11) is -3.95. The highest BCUT2D eigenvalue weighted by molar-refractivity contribution is 7.92. The standard InChI is InChI=1S/C17H10ClFN2O2S/c18-12-4-6-14(7-5-12)24(22,23)16-15(17(16,9-20)10-21)11-2-1-3-13(19)8-11/h1-8,15-16H/t15-,16-/m1/s1. The van der Waals surface area contributed by atoms with E-state index in [1.165, 1.54) is 42.5 Å². The van der Waals surface area contributed by atoms with Crippen molar-refractivity contribution in [1.82, 2.24) is 0 Å². The van der Waals surface area contributed by atoms with Crippen LogP contribution in [0, 0.1) is 33.9 Å². The molecule has 0 aliphatic heterocycles. The van der Waals surface area contributed by atoms with Crippen molar-refractivity contribution in [2.45, 2.75) is 16.1 Å². The molecule has 1 fully saturated rings. The zero-order valence-electron chi connectivity index (χ0n) is 12.1. The molecule has 0 aromatic heterocycles. The van der Waals surface area contributed by atoms with Crippen LogP contribution in [0.1, 0.15) is 11.5 Å². The lowest BCUT2D eigenvalue weighted by atomic mass is 10.0. The average molecular weight is 361 g/mol. The van der Waals surface area contributed by atoms with Gasteiger partial charge in [-0.15, -0.1) is 0 Å². The normalized spacial score (nSPS) is 21.5. The summed E-state index contributed by atoms with van der Waals surface area (Å²) >= 11 is 5.77. The van der Waals surface area contributed by atoms with Crippen LogP contribution in [0.25, 0.3) is 0 Å². The molecule has 0 N–H and O–H groups in total. The lowest BCUT2D eigenvalue weighted by Gasteiger charge is -2.04. The fourth-order valence-corrected chi connectivity index (χ4v) is 5.31. The highest BCUT2D eigenvalue weighted by Crippen LogP contribution is 2.63. The Morgan fingerprint density at radius 1 is 1.08 bits per heavy atom. The molecule has 120 valence electrons. The van der Waals surface area contributed by atoms with Gasteiger partial charge in [0.25, 0.3) is 0 Å². The van der Waals surface area contributed by atoms with E-state index in [4.69, 9.17) is 11.6 Å². The van der Waals surface area contributed by atoms with Crippen molar-refractivity contribution in [3.05, 3.63) is 64.9 Å². The van der Waals surface area contributed by atoms with Gasteiger partial charge in [0.1, 0.15) is 11.1 Å². The third-order valence-corrected chi connectivity index (χ3v) is 6.68. The minimum atomic E-state index is -3.95. The molecule has 0 spiro atoms. The Bertz CT molecular complexity index is 976. The fourth-order valence-electron chi connectivity index (χ4n) is 2.98. The molecule has 1 saturated carbocycles. The van der Waals surface area contributed by atoms with E-state index in [0.29, 0.717) is 10.6 Å². The lowest BCUT2D eigenvalue weighted by molar-refractivity contribution is 0.591. The Hall–Kier alpha value is -2.41. The Balaban J connectivity index is 2.11. The highest BCUT2D eigenvalue weighted by Gasteiger charge is 2.73. The van der Waals surface area contributed by atoms with Crippen LogP contribution < -0.4 is 0 Å². The molecule has 4 nitrogen and oxygen atoms in total. The van der Waals surface area contributed by atoms with Crippen molar-refractivity contribution in [2.75, 3.05) is 0 Å². The second-order valence-corrected chi connectivity index (χ2v) is 8.05. The number of hydrogen-bond acceptors (Lipinski definition) is 4. The van der Waals surface area contributed by atoms with Crippen molar-refractivity contribution in [3.8, 4) is 12.1 Å². The summed E-state index contributed by atoms with van der Waals surface area (Å²) in [5.41, 5.74) is -1.41. The molecule has 1 aliphatic carbocycles. The van der Waals surface area contributed by atoms with E-state index in [9.17, 15) is 23.3 Å². The molecule has 2 aromatic carbocycles. The van der Waals surface area contributed by atoms with E-state index in [1.807, 2.05) is 12.1 Å². The van der Waals surface area contributed by atoms with E-state index in [2.05, 4.69) is 0 Å². The first-order chi connectivity index (χ1) is 11.4. The van der Waals surface area contributed by atoms with Crippen LogP contribution >= 0.6 is 11.6 Å². The summed E-state index contributed by atoms with van der Waals surface area (Å²) in [5, 5.41) is 18.0. The average Bonchev–Trinajstić information content (AvgIpc) is 3.26. The maximum atomic E-state index is 13.5. The van der Waals surface area contributed by atoms with Gasteiger partial charge in [0, 0.05) is 10.9 Å². The predicted molar refractivity (Wildman–Crippen MR) is 85.2 cm³/mol. The minimum Gasteiger partial charge on any atom is -0.223 e. The van der Waals surface area contributed by atoms with Crippen LogP contribution in [0.5, 0.6) is 0 Å². The Morgan fingerprint density at radius 2 is 1.71 bits per heavy atom. The zero-order chi connectivity index (χ0) is 17.5. The number of halogens is 2. The SMILES string of the molecule is N#CC1(C#N)[C@H](c2cccc(F)c2)[C@H]1S(=O)(=O)c1ccc(Cl)cc1. The second-order valence-electron chi connectivity index (χ2n) is 5.54. The summed E-state index contributed by atoms with van der Waals surface area (Å²) in [6.07, 6.45) is 0. The van der Waals surface area contributed by atoms with Gasteiger partial charge in [-0.05, 0) is 42.0 Å². The zero-order valence-corrected chi connectivity index (χ0v) is 13.7. The lowest BCUT2D eigenvalue weighted by Crippen LogP contribution is -2.14. The van der Waals surface area contributed by atoms with Crippen LogP contribution in [-0.4, -0.2) is 13.7 Å². The van der Waals surface area contributed by atoms with E-state index in [-0.39, 0.29) is 4.90 Å². The molecule has 24 heavy (non-hydrogen) atoms.